The first kappa shape index (κ1) is 12.0. The number of halogens is 1. The SMILES string of the molecule is CC(C)(C)OC(=O)C1CCC(Br)CC1. The lowest BCUT2D eigenvalue weighted by Crippen LogP contribution is -2.31. The van der Waals surface area contributed by atoms with Crippen LogP contribution in [0.15, 0.2) is 0 Å². The molecular formula is C11H19BrO2. The molecule has 2 nitrogen and oxygen atoms in total. The van der Waals surface area contributed by atoms with Crippen LogP contribution in [0, 0.1) is 5.92 Å². The van der Waals surface area contributed by atoms with Crippen LogP contribution in [-0.4, -0.2) is 16.4 Å². The largest absolute Gasteiger partial charge is 0.460 e. The molecule has 0 bridgehead atoms. The Kier molecular flexibility index (Phi) is 3.99. The molecule has 0 radical (unpaired) electrons. The minimum absolute atomic E-state index is 0.0168. The molecule has 0 spiro atoms. The summed E-state index contributed by atoms with van der Waals surface area (Å²) in [7, 11) is 0. The number of carbonyl (C=O) groups is 1. The van der Waals surface area contributed by atoms with Crippen molar-refractivity contribution in [3.63, 3.8) is 0 Å². The van der Waals surface area contributed by atoms with Gasteiger partial charge in [0.05, 0.1) is 5.92 Å². The van der Waals surface area contributed by atoms with Gasteiger partial charge in [-0.15, -0.1) is 0 Å². The summed E-state index contributed by atoms with van der Waals surface area (Å²) in [6.07, 6.45) is 4.10. The zero-order valence-corrected chi connectivity index (χ0v) is 10.8. The van der Waals surface area contributed by atoms with Crippen LogP contribution in [0.5, 0.6) is 0 Å². The minimum atomic E-state index is -0.345. The summed E-state index contributed by atoms with van der Waals surface area (Å²) >= 11 is 3.57. The quantitative estimate of drug-likeness (QED) is 0.536. The van der Waals surface area contributed by atoms with Crippen molar-refractivity contribution >= 4 is 21.9 Å². The van der Waals surface area contributed by atoms with E-state index in [4.69, 9.17) is 4.74 Å². The van der Waals surface area contributed by atoms with Crippen LogP contribution < -0.4 is 0 Å². The molecule has 1 aliphatic carbocycles. The Morgan fingerprint density at radius 2 is 1.71 bits per heavy atom. The third-order valence-corrected chi connectivity index (χ3v) is 3.31. The van der Waals surface area contributed by atoms with Gasteiger partial charge in [0.2, 0.25) is 0 Å². The monoisotopic (exact) mass is 262 g/mol. The van der Waals surface area contributed by atoms with Crippen LogP contribution in [0.3, 0.4) is 0 Å². The van der Waals surface area contributed by atoms with Crippen molar-refractivity contribution in [2.24, 2.45) is 5.92 Å². The van der Waals surface area contributed by atoms with Crippen molar-refractivity contribution in [1.82, 2.24) is 0 Å². The molecule has 0 unspecified atom stereocenters. The first-order chi connectivity index (χ1) is 6.38. The Morgan fingerprint density at radius 3 is 2.14 bits per heavy atom. The van der Waals surface area contributed by atoms with Gasteiger partial charge in [0.15, 0.2) is 0 Å². The molecule has 3 heteroatoms. The second-order valence-electron chi connectivity index (χ2n) is 4.98. The maximum absolute atomic E-state index is 11.7. The normalized spacial score (nSPS) is 28.6. The van der Waals surface area contributed by atoms with Gasteiger partial charge in [0, 0.05) is 4.83 Å². The fourth-order valence-corrected chi connectivity index (χ4v) is 2.20. The van der Waals surface area contributed by atoms with Crippen LogP contribution in [0.2, 0.25) is 0 Å². The summed E-state index contributed by atoms with van der Waals surface area (Å²) in [5.41, 5.74) is -0.345. The van der Waals surface area contributed by atoms with Gasteiger partial charge in [-0.05, 0) is 46.5 Å². The molecule has 1 fully saturated rings. The average molecular weight is 263 g/mol. The van der Waals surface area contributed by atoms with E-state index in [2.05, 4.69) is 15.9 Å². The van der Waals surface area contributed by atoms with E-state index in [1.165, 1.54) is 0 Å². The predicted octanol–water partition coefficient (Wildman–Crippen LogP) is 3.28. The highest BCUT2D eigenvalue weighted by Crippen LogP contribution is 2.30. The number of esters is 1. The highest BCUT2D eigenvalue weighted by atomic mass is 79.9. The molecule has 1 aliphatic rings. The summed E-state index contributed by atoms with van der Waals surface area (Å²) in [4.78, 5) is 12.3. The summed E-state index contributed by atoms with van der Waals surface area (Å²) in [6, 6.07) is 0. The second-order valence-corrected chi connectivity index (χ2v) is 6.28. The van der Waals surface area contributed by atoms with Gasteiger partial charge in [0.25, 0.3) is 0 Å². The molecule has 0 aromatic carbocycles. The molecule has 0 aromatic heterocycles. The fourth-order valence-electron chi connectivity index (χ4n) is 1.67. The van der Waals surface area contributed by atoms with Crippen molar-refractivity contribution in [2.45, 2.75) is 56.9 Å². The zero-order chi connectivity index (χ0) is 10.8. The van der Waals surface area contributed by atoms with Crippen molar-refractivity contribution < 1.29 is 9.53 Å². The van der Waals surface area contributed by atoms with Crippen molar-refractivity contribution in [3.05, 3.63) is 0 Å². The topological polar surface area (TPSA) is 26.3 Å². The Morgan fingerprint density at radius 1 is 1.21 bits per heavy atom. The van der Waals surface area contributed by atoms with Crippen LogP contribution >= 0.6 is 15.9 Å². The minimum Gasteiger partial charge on any atom is -0.460 e. The van der Waals surface area contributed by atoms with Gasteiger partial charge in [-0.25, -0.2) is 0 Å². The van der Waals surface area contributed by atoms with Gasteiger partial charge in [-0.1, -0.05) is 15.9 Å². The fraction of sp³-hybridized carbons (Fsp3) is 0.909. The van der Waals surface area contributed by atoms with Crippen molar-refractivity contribution in [2.75, 3.05) is 0 Å². The third kappa shape index (κ3) is 3.99. The highest BCUT2D eigenvalue weighted by Gasteiger charge is 2.28. The van der Waals surface area contributed by atoms with E-state index in [-0.39, 0.29) is 17.5 Å². The number of alkyl halides is 1. The van der Waals surface area contributed by atoms with E-state index in [9.17, 15) is 4.79 Å². The average Bonchev–Trinajstić information content (AvgIpc) is 2.02. The number of hydrogen-bond acceptors (Lipinski definition) is 2. The summed E-state index contributed by atoms with van der Waals surface area (Å²) in [5.74, 6) is 0.111. The molecule has 0 amide bonds. The molecule has 0 saturated heterocycles. The van der Waals surface area contributed by atoms with E-state index in [1.807, 2.05) is 20.8 Å². The molecule has 0 aliphatic heterocycles. The van der Waals surface area contributed by atoms with Gasteiger partial charge in [-0.2, -0.15) is 0 Å². The molecule has 0 aromatic rings. The number of ether oxygens (including phenoxy) is 1. The van der Waals surface area contributed by atoms with Crippen molar-refractivity contribution in [3.8, 4) is 0 Å². The summed E-state index contributed by atoms with van der Waals surface area (Å²) < 4.78 is 5.36. The number of carbonyl (C=O) groups excluding carboxylic acids is 1. The lowest BCUT2D eigenvalue weighted by molar-refractivity contribution is -0.161. The lowest BCUT2D eigenvalue weighted by atomic mass is 9.89. The molecule has 0 heterocycles. The van der Waals surface area contributed by atoms with Gasteiger partial charge < -0.3 is 4.74 Å². The molecule has 14 heavy (non-hydrogen) atoms. The Balaban J connectivity index is 2.38. The van der Waals surface area contributed by atoms with Crippen LogP contribution in [0.25, 0.3) is 0 Å². The highest BCUT2D eigenvalue weighted by molar-refractivity contribution is 9.09. The van der Waals surface area contributed by atoms with Gasteiger partial charge >= 0.3 is 5.97 Å². The molecule has 1 saturated carbocycles. The molecular weight excluding hydrogens is 244 g/mol. The number of rotatable bonds is 1. The smallest absolute Gasteiger partial charge is 0.309 e. The summed E-state index contributed by atoms with van der Waals surface area (Å²) in [5, 5.41) is 0. The maximum atomic E-state index is 11.7. The van der Waals surface area contributed by atoms with E-state index in [0.717, 1.165) is 25.7 Å². The van der Waals surface area contributed by atoms with E-state index >= 15 is 0 Å². The lowest BCUT2D eigenvalue weighted by Gasteiger charge is -2.27. The molecule has 82 valence electrons. The van der Waals surface area contributed by atoms with E-state index < -0.39 is 0 Å². The first-order valence-corrected chi connectivity index (χ1v) is 6.17. The van der Waals surface area contributed by atoms with Crippen LogP contribution in [0.1, 0.15) is 46.5 Å². The van der Waals surface area contributed by atoms with E-state index in [1.54, 1.807) is 0 Å². The van der Waals surface area contributed by atoms with Crippen LogP contribution in [0.4, 0.5) is 0 Å². The Labute approximate surface area is 94.5 Å². The van der Waals surface area contributed by atoms with Gasteiger partial charge in [0.1, 0.15) is 5.60 Å². The Bertz CT molecular complexity index is 200. The molecule has 1 rings (SSSR count). The predicted molar refractivity (Wildman–Crippen MR) is 60.5 cm³/mol. The third-order valence-electron chi connectivity index (χ3n) is 2.40. The second kappa shape index (κ2) is 4.65. The Hall–Kier alpha value is -0.0500. The van der Waals surface area contributed by atoms with Crippen LogP contribution in [-0.2, 0) is 9.53 Å². The zero-order valence-electron chi connectivity index (χ0n) is 9.18. The first-order valence-electron chi connectivity index (χ1n) is 5.25. The summed E-state index contributed by atoms with van der Waals surface area (Å²) in [6.45, 7) is 5.75. The van der Waals surface area contributed by atoms with Crippen molar-refractivity contribution in [1.29, 1.82) is 0 Å². The molecule has 0 N–H and O–H groups in total. The standard InChI is InChI=1S/C11H19BrO2/c1-11(2,3)14-10(13)8-4-6-9(12)7-5-8/h8-9H,4-7H2,1-3H3. The molecule has 0 atom stereocenters. The number of hydrogen-bond donors (Lipinski definition) is 0. The van der Waals surface area contributed by atoms with E-state index in [0.29, 0.717) is 4.83 Å². The maximum Gasteiger partial charge on any atom is 0.309 e. The van der Waals surface area contributed by atoms with Gasteiger partial charge in [-0.3, -0.25) is 4.79 Å².